The lowest BCUT2D eigenvalue weighted by atomic mass is 9.96. The largest absolute Gasteiger partial charge is 0.479 e. The highest BCUT2D eigenvalue weighted by Crippen LogP contribution is 2.33. The van der Waals surface area contributed by atoms with Gasteiger partial charge in [-0.25, -0.2) is 4.79 Å². The Balaban J connectivity index is 2.06. The average molecular weight is 314 g/mol. The predicted molar refractivity (Wildman–Crippen MR) is 84.3 cm³/mol. The topological polar surface area (TPSA) is 79.7 Å². The van der Waals surface area contributed by atoms with Crippen molar-refractivity contribution < 1.29 is 19.4 Å². The van der Waals surface area contributed by atoms with Crippen molar-refractivity contribution in [1.29, 1.82) is 0 Å². The highest BCUT2D eigenvalue weighted by atomic mass is 16.5. The van der Waals surface area contributed by atoms with Gasteiger partial charge in [-0.15, -0.1) is 0 Å². The van der Waals surface area contributed by atoms with E-state index in [2.05, 4.69) is 4.98 Å². The molecule has 6 heteroatoms. The second-order valence-electron chi connectivity index (χ2n) is 5.73. The van der Waals surface area contributed by atoms with Gasteiger partial charge in [-0.1, -0.05) is 12.1 Å². The van der Waals surface area contributed by atoms with E-state index >= 15 is 0 Å². The van der Waals surface area contributed by atoms with Crippen LogP contribution >= 0.6 is 0 Å². The highest BCUT2D eigenvalue weighted by Gasteiger charge is 2.50. The van der Waals surface area contributed by atoms with Crippen LogP contribution in [-0.2, 0) is 9.53 Å². The first kappa shape index (κ1) is 15.4. The molecule has 1 fully saturated rings. The zero-order chi connectivity index (χ0) is 16.4. The Kier molecular flexibility index (Phi) is 4.00. The Hall–Kier alpha value is -2.47. The van der Waals surface area contributed by atoms with Gasteiger partial charge < -0.3 is 14.7 Å². The van der Waals surface area contributed by atoms with Gasteiger partial charge in [0.1, 0.15) is 0 Å². The van der Waals surface area contributed by atoms with Crippen LogP contribution in [0.5, 0.6) is 0 Å². The second kappa shape index (κ2) is 5.96. The first-order chi connectivity index (χ1) is 11.1. The Bertz CT molecular complexity index is 756. The van der Waals surface area contributed by atoms with Gasteiger partial charge in [0.2, 0.25) is 0 Å². The first-order valence-electron chi connectivity index (χ1n) is 7.47. The van der Waals surface area contributed by atoms with Crippen molar-refractivity contribution in [3.63, 3.8) is 0 Å². The minimum Gasteiger partial charge on any atom is -0.479 e. The summed E-state index contributed by atoms with van der Waals surface area (Å²) in [6.07, 6.45) is 4.36. The third-order valence-electron chi connectivity index (χ3n) is 4.43. The van der Waals surface area contributed by atoms with Gasteiger partial charge >= 0.3 is 5.97 Å². The molecule has 1 aliphatic heterocycles. The van der Waals surface area contributed by atoms with Crippen molar-refractivity contribution in [2.45, 2.75) is 18.4 Å². The fourth-order valence-electron chi connectivity index (χ4n) is 3.30. The number of carbonyl (C=O) groups is 2. The Morgan fingerprint density at radius 1 is 1.39 bits per heavy atom. The molecule has 1 aromatic carbocycles. The number of hydrogen-bond acceptors (Lipinski definition) is 4. The molecule has 2 aromatic rings. The van der Waals surface area contributed by atoms with E-state index in [4.69, 9.17) is 4.74 Å². The number of carboxylic acids is 1. The number of benzene rings is 1. The summed E-state index contributed by atoms with van der Waals surface area (Å²) in [5.41, 5.74) is -0.797. The molecule has 0 spiro atoms. The Labute approximate surface area is 133 Å². The maximum Gasteiger partial charge on any atom is 0.332 e. The average Bonchev–Trinajstić information content (AvgIpc) is 2.99. The number of nitrogens with zero attached hydrogens (tertiary/aromatic N) is 2. The maximum absolute atomic E-state index is 13.0. The number of pyridine rings is 1. The first-order valence-corrected chi connectivity index (χ1v) is 7.47. The fraction of sp³-hybridized carbons (Fsp3) is 0.353. The Morgan fingerprint density at radius 3 is 2.96 bits per heavy atom. The normalized spacial score (nSPS) is 20.8. The van der Waals surface area contributed by atoms with E-state index in [0.29, 0.717) is 24.9 Å². The molecule has 23 heavy (non-hydrogen) atoms. The molecule has 2 heterocycles. The fourth-order valence-corrected chi connectivity index (χ4v) is 3.30. The van der Waals surface area contributed by atoms with Crippen molar-refractivity contribution in [3.8, 4) is 0 Å². The van der Waals surface area contributed by atoms with Crippen LogP contribution in [-0.4, -0.2) is 52.7 Å². The highest BCUT2D eigenvalue weighted by molar-refractivity contribution is 6.08. The summed E-state index contributed by atoms with van der Waals surface area (Å²) in [5, 5.41) is 11.3. The van der Waals surface area contributed by atoms with Gasteiger partial charge in [-0.2, -0.15) is 0 Å². The molecule has 120 valence electrons. The van der Waals surface area contributed by atoms with E-state index in [1.807, 2.05) is 6.07 Å². The second-order valence-corrected chi connectivity index (χ2v) is 5.73. The van der Waals surface area contributed by atoms with Crippen LogP contribution in [0.15, 0.2) is 36.7 Å². The lowest BCUT2D eigenvalue weighted by Crippen LogP contribution is -2.56. The molecule has 0 bridgehead atoms. The zero-order valence-corrected chi connectivity index (χ0v) is 12.9. The van der Waals surface area contributed by atoms with Gasteiger partial charge in [-0.3, -0.25) is 9.78 Å². The molecule has 1 amide bonds. The van der Waals surface area contributed by atoms with Gasteiger partial charge in [0.15, 0.2) is 5.54 Å². The summed E-state index contributed by atoms with van der Waals surface area (Å²) in [7, 11) is 1.45. The zero-order valence-electron chi connectivity index (χ0n) is 12.9. The third kappa shape index (κ3) is 2.45. The van der Waals surface area contributed by atoms with Gasteiger partial charge in [0.05, 0.1) is 6.61 Å². The van der Waals surface area contributed by atoms with E-state index in [-0.39, 0.29) is 12.5 Å². The lowest BCUT2D eigenvalue weighted by Gasteiger charge is -2.34. The number of carbonyl (C=O) groups excluding carboxylic acids is 1. The molecular formula is C17H18N2O4. The molecule has 1 unspecified atom stereocenters. The van der Waals surface area contributed by atoms with Crippen LogP contribution in [0, 0.1) is 0 Å². The molecule has 3 rings (SSSR count). The number of hydrogen-bond donors (Lipinski definition) is 1. The summed E-state index contributed by atoms with van der Waals surface area (Å²) in [4.78, 5) is 30.4. The standard InChI is InChI=1S/C17H18N2O4/c1-23-11-17(16(21)22)7-3-9-19(17)15(20)14-5-2-4-12-10-18-8-6-13(12)14/h2,4-6,8,10H,3,7,9,11H2,1H3,(H,21,22). The van der Waals surface area contributed by atoms with Crippen molar-refractivity contribution >= 4 is 22.6 Å². The molecule has 1 aromatic heterocycles. The van der Waals surface area contributed by atoms with Crippen molar-refractivity contribution in [1.82, 2.24) is 9.88 Å². The minimum absolute atomic E-state index is 0.0135. The molecule has 1 aliphatic rings. The number of ether oxygens (including phenoxy) is 1. The Morgan fingerprint density at radius 2 is 2.22 bits per heavy atom. The van der Waals surface area contributed by atoms with E-state index in [1.165, 1.54) is 12.0 Å². The van der Waals surface area contributed by atoms with E-state index < -0.39 is 11.5 Å². The monoisotopic (exact) mass is 314 g/mol. The van der Waals surface area contributed by atoms with Gasteiger partial charge in [0, 0.05) is 37.0 Å². The van der Waals surface area contributed by atoms with Crippen LogP contribution in [0.4, 0.5) is 0 Å². The number of amides is 1. The smallest absolute Gasteiger partial charge is 0.332 e. The molecule has 1 atom stereocenters. The van der Waals surface area contributed by atoms with E-state index in [9.17, 15) is 14.7 Å². The van der Waals surface area contributed by atoms with E-state index in [1.54, 1.807) is 30.6 Å². The van der Waals surface area contributed by atoms with Crippen LogP contribution < -0.4 is 0 Å². The molecule has 0 aliphatic carbocycles. The van der Waals surface area contributed by atoms with Crippen molar-refractivity contribution in [2.24, 2.45) is 0 Å². The number of aliphatic carboxylic acids is 1. The maximum atomic E-state index is 13.0. The summed E-state index contributed by atoms with van der Waals surface area (Å²) in [5.74, 6) is -1.30. The molecule has 0 radical (unpaired) electrons. The third-order valence-corrected chi connectivity index (χ3v) is 4.43. The number of carboxylic acid groups (broad SMARTS) is 1. The molecule has 6 nitrogen and oxygen atoms in total. The van der Waals surface area contributed by atoms with Crippen LogP contribution in [0.1, 0.15) is 23.2 Å². The van der Waals surface area contributed by atoms with Crippen molar-refractivity contribution in [3.05, 3.63) is 42.2 Å². The van der Waals surface area contributed by atoms with Gasteiger partial charge in [0.25, 0.3) is 5.91 Å². The quantitative estimate of drug-likeness (QED) is 0.933. The van der Waals surface area contributed by atoms with Crippen LogP contribution in [0.25, 0.3) is 10.8 Å². The molecule has 1 N–H and O–H groups in total. The number of aromatic nitrogens is 1. The number of methoxy groups -OCH3 is 1. The molecule has 0 saturated carbocycles. The van der Waals surface area contributed by atoms with Crippen molar-refractivity contribution in [2.75, 3.05) is 20.3 Å². The lowest BCUT2D eigenvalue weighted by molar-refractivity contribution is -0.151. The predicted octanol–water partition coefficient (Wildman–Crippen LogP) is 1.94. The number of fused-ring (bicyclic) bond motifs is 1. The van der Waals surface area contributed by atoms with Crippen LogP contribution in [0.2, 0.25) is 0 Å². The SMILES string of the molecule is COCC1(C(=O)O)CCCN1C(=O)c1cccc2cnccc12. The summed E-state index contributed by atoms with van der Waals surface area (Å²) < 4.78 is 5.11. The summed E-state index contributed by atoms with van der Waals surface area (Å²) in [6, 6.07) is 7.16. The molecule has 1 saturated heterocycles. The minimum atomic E-state index is -1.29. The summed E-state index contributed by atoms with van der Waals surface area (Å²) >= 11 is 0. The van der Waals surface area contributed by atoms with Crippen LogP contribution in [0.3, 0.4) is 0 Å². The number of likely N-dealkylation sites (tertiary alicyclic amines) is 1. The molecular weight excluding hydrogens is 296 g/mol. The number of rotatable bonds is 4. The van der Waals surface area contributed by atoms with E-state index in [0.717, 1.165) is 10.8 Å². The summed E-state index contributed by atoms with van der Waals surface area (Å²) in [6.45, 7) is 0.399. The van der Waals surface area contributed by atoms with Gasteiger partial charge in [-0.05, 0) is 30.4 Å².